The first-order valence-electron chi connectivity index (χ1n) is 8.29. The van der Waals surface area contributed by atoms with Gasteiger partial charge >= 0.3 is 12.1 Å². The van der Waals surface area contributed by atoms with E-state index in [1.165, 1.54) is 23.0 Å². The Balaban J connectivity index is 2.09. The van der Waals surface area contributed by atoms with Crippen LogP contribution in [0.2, 0.25) is 0 Å². The molecule has 1 amide bonds. The Bertz CT molecular complexity index is 829. The van der Waals surface area contributed by atoms with Gasteiger partial charge < -0.3 is 10.1 Å². The molecule has 0 bridgehead atoms. The number of rotatable bonds is 6. The maximum Gasteiger partial charge on any atom is 0.416 e. The number of nitrogens with zero attached hydrogens (tertiary/aromatic N) is 2. The molecule has 0 fully saturated rings. The third kappa shape index (κ3) is 5.32. The number of carbonyl (C=O) groups is 2. The monoisotopic (exact) mass is 383 g/mol. The van der Waals surface area contributed by atoms with Crippen LogP contribution in [0.25, 0.3) is 5.69 Å². The minimum absolute atomic E-state index is 0.0186. The Labute approximate surface area is 154 Å². The lowest BCUT2D eigenvalue weighted by Gasteiger charge is -2.10. The zero-order valence-electron chi connectivity index (χ0n) is 15.1. The van der Waals surface area contributed by atoms with Crippen LogP contribution in [-0.2, 0) is 15.7 Å². The van der Waals surface area contributed by atoms with Gasteiger partial charge in [-0.2, -0.15) is 18.3 Å². The molecule has 2 rings (SSSR count). The van der Waals surface area contributed by atoms with E-state index in [0.717, 1.165) is 12.1 Å². The van der Waals surface area contributed by atoms with Crippen molar-refractivity contribution >= 4 is 11.9 Å². The number of hydrogen-bond donors (Lipinski definition) is 1. The number of carbonyl (C=O) groups excluding carboxylic acids is 2. The summed E-state index contributed by atoms with van der Waals surface area (Å²) in [5.41, 5.74) is -0.00678. The van der Waals surface area contributed by atoms with E-state index >= 15 is 0 Å². The summed E-state index contributed by atoms with van der Waals surface area (Å²) in [5, 5.41) is 6.58. The Morgan fingerprint density at radius 3 is 2.63 bits per heavy atom. The van der Waals surface area contributed by atoms with Crippen LogP contribution in [0.4, 0.5) is 13.2 Å². The number of halogens is 3. The van der Waals surface area contributed by atoms with E-state index in [0.29, 0.717) is 5.69 Å². The molecular formula is C18H20F3N3O3. The van der Waals surface area contributed by atoms with Gasteiger partial charge in [0.1, 0.15) is 0 Å². The third-order valence-corrected chi connectivity index (χ3v) is 3.65. The number of hydrogen-bond acceptors (Lipinski definition) is 4. The van der Waals surface area contributed by atoms with Crippen molar-refractivity contribution in [2.75, 3.05) is 6.54 Å². The van der Waals surface area contributed by atoms with Crippen molar-refractivity contribution in [3.8, 4) is 5.69 Å². The van der Waals surface area contributed by atoms with E-state index in [4.69, 9.17) is 4.74 Å². The average Bonchev–Trinajstić information content (AvgIpc) is 2.95. The summed E-state index contributed by atoms with van der Waals surface area (Å²) in [5.74, 6) is -0.898. The van der Waals surface area contributed by atoms with E-state index < -0.39 is 23.6 Å². The maximum atomic E-state index is 12.9. The van der Waals surface area contributed by atoms with Gasteiger partial charge in [0.25, 0.3) is 5.91 Å². The largest absolute Gasteiger partial charge is 0.463 e. The van der Waals surface area contributed by atoms with Crippen molar-refractivity contribution in [2.45, 2.75) is 39.5 Å². The van der Waals surface area contributed by atoms with Crippen molar-refractivity contribution in [1.29, 1.82) is 0 Å². The molecule has 6 nitrogen and oxygen atoms in total. The first kappa shape index (κ1) is 20.5. The second-order valence-corrected chi connectivity index (χ2v) is 6.15. The standard InChI is InChI=1S/C18H20F3N3O3/c1-11(2)27-16(25)7-8-22-17(26)15-10-23-24(12(15)3)14-6-4-5-13(9-14)18(19,20)21/h4-6,9-11H,7-8H2,1-3H3,(H,22,26). The molecule has 0 spiro atoms. The molecule has 1 N–H and O–H groups in total. The molecule has 1 aromatic carbocycles. The quantitative estimate of drug-likeness (QED) is 0.777. The molecule has 0 saturated carbocycles. The van der Waals surface area contributed by atoms with Gasteiger partial charge in [0.15, 0.2) is 0 Å². The second-order valence-electron chi connectivity index (χ2n) is 6.15. The lowest BCUT2D eigenvalue weighted by molar-refractivity contribution is -0.147. The number of nitrogens with one attached hydrogen (secondary N) is 1. The molecule has 0 radical (unpaired) electrons. The molecule has 0 atom stereocenters. The molecule has 2 aromatic rings. The Morgan fingerprint density at radius 2 is 2.00 bits per heavy atom. The first-order valence-corrected chi connectivity index (χ1v) is 8.29. The van der Waals surface area contributed by atoms with Crippen LogP contribution in [0.15, 0.2) is 30.5 Å². The van der Waals surface area contributed by atoms with Crippen LogP contribution in [-0.4, -0.2) is 34.3 Å². The number of benzene rings is 1. The maximum absolute atomic E-state index is 12.9. The van der Waals surface area contributed by atoms with Crippen molar-refractivity contribution in [3.63, 3.8) is 0 Å². The van der Waals surface area contributed by atoms with Crippen LogP contribution in [0.5, 0.6) is 0 Å². The SMILES string of the molecule is Cc1c(C(=O)NCCC(=O)OC(C)C)cnn1-c1cccc(C(F)(F)F)c1. The van der Waals surface area contributed by atoms with E-state index in [1.54, 1.807) is 20.8 Å². The first-order chi connectivity index (χ1) is 12.6. The minimum atomic E-state index is -4.47. The average molecular weight is 383 g/mol. The van der Waals surface area contributed by atoms with Crippen LogP contribution in [0, 0.1) is 6.92 Å². The molecule has 0 aliphatic carbocycles. The van der Waals surface area contributed by atoms with Gasteiger partial charge in [0.05, 0.1) is 41.2 Å². The van der Waals surface area contributed by atoms with Gasteiger partial charge in [-0.05, 0) is 39.0 Å². The minimum Gasteiger partial charge on any atom is -0.463 e. The summed E-state index contributed by atoms with van der Waals surface area (Å²) in [4.78, 5) is 23.7. The predicted molar refractivity (Wildman–Crippen MR) is 91.5 cm³/mol. The zero-order valence-corrected chi connectivity index (χ0v) is 15.1. The summed E-state index contributed by atoms with van der Waals surface area (Å²) in [6.07, 6.45) is -3.41. The molecule has 27 heavy (non-hydrogen) atoms. The molecular weight excluding hydrogens is 363 g/mol. The van der Waals surface area contributed by atoms with E-state index in [-0.39, 0.29) is 30.3 Å². The number of esters is 1. The van der Waals surface area contributed by atoms with Gasteiger partial charge in [-0.15, -0.1) is 0 Å². The Kier molecular flexibility index (Phi) is 6.24. The highest BCUT2D eigenvalue weighted by atomic mass is 19.4. The smallest absolute Gasteiger partial charge is 0.416 e. The van der Waals surface area contributed by atoms with Gasteiger partial charge in [-0.3, -0.25) is 9.59 Å². The summed E-state index contributed by atoms with van der Waals surface area (Å²) >= 11 is 0. The summed E-state index contributed by atoms with van der Waals surface area (Å²) in [6, 6.07) is 4.67. The van der Waals surface area contributed by atoms with E-state index in [9.17, 15) is 22.8 Å². The van der Waals surface area contributed by atoms with Gasteiger partial charge in [0, 0.05) is 6.54 Å². The molecule has 1 heterocycles. The second kappa shape index (κ2) is 8.24. The van der Waals surface area contributed by atoms with Gasteiger partial charge in [0.2, 0.25) is 0 Å². The number of amides is 1. The number of ether oxygens (including phenoxy) is 1. The van der Waals surface area contributed by atoms with Crippen molar-refractivity contribution in [3.05, 3.63) is 47.3 Å². The summed E-state index contributed by atoms with van der Waals surface area (Å²) < 4.78 is 44.8. The zero-order chi connectivity index (χ0) is 20.2. The highest BCUT2D eigenvalue weighted by Crippen LogP contribution is 2.30. The molecule has 9 heteroatoms. The van der Waals surface area contributed by atoms with Crippen LogP contribution >= 0.6 is 0 Å². The van der Waals surface area contributed by atoms with E-state index in [1.807, 2.05) is 0 Å². The number of aromatic nitrogens is 2. The van der Waals surface area contributed by atoms with Crippen LogP contribution < -0.4 is 5.32 Å². The van der Waals surface area contributed by atoms with Crippen molar-refractivity contribution in [2.24, 2.45) is 0 Å². The molecule has 0 saturated heterocycles. The fourth-order valence-corrected chi connectivity index (χ4v) is 2.40. The van der Waals surface area contributed by atoms with Crippen molar-refractivity contribution < 1.29 is 27.5 Å². The highest BCUT2D eigenvalue weighted by molar-refractivity contribution is 5.95. The van der Waals surface area contributed by atoms with E-state index in [2.05, 4.69) is 10.4 Å². The normalized spacial score (nSPS) is 11.5. The van der Waals surface area contributed by atoms with Crippen molar-refractivity contribution in [1.82, 2.24) is 15.1 Å². The van der Waals surface area contributed by atoms with Gasteiger partial charge in [-0.25, -0.2) is 4.68 Å². The summed E-state index contributed by atoms with van der Waals surface area (Å²) in [7, 11) is 0. The summed E-state index contributed by atoms with van der Waals surface area (Å²) in [6.45, 7) is 5.11. The lowest BCUT2D eigenvalue weighted by atomic mass is 10.2. The third-order valence-electron chi connectivity index (χ3n) is 3.65. The molecule has 0 aliphatic rings. The molecule has 146 valence electrons. The molecule has 1 aromatic heterocycles. The fraction of sp³-hybridized carbons (Fsp3) is 0.389. The lowest BCUT2D eigenvalue weighted by Crippen LogP contribution is -2.27. The van der Waals surface area contributed by atoms with Crippen LogP contribution in [0.3, 0.4) is 0 Å². The van der Waals surface area contributed by atoms with Gasteiger partial charge in [-0.1, -0.05) is 6.07 Å². The molecule has 0 unspecified atom stereocenters. The number of alkyl halides is 3. The molecule has 0 aliphatic heterocycles. The highest BCUT2D eigenvalue weighted by Gasteiger charge is 2.30. The Morgan fingerprint density at radius 1 is 1.30 bits per heavy atom. The fourth-order valence-electron chi connectivity index (χ4n) is 2.40. The topological polar surface area (TPSA) is 73.2 Å². The van der Waals surface area contributed by atoms with Crippen LogP contribution in [0.1, 0.15) is 41.9 Å². The predicted octanol–water partition coefficient (Wildman–Crippen LogP) is 3.27. The Hall–Kier alpha value is -2.84.